The zero-order valence-electron chi connectivity index (χ0n) is 15.9. The van der Waals surface area contributed by atoms with Crippen LogP contribution in [0.3, 0.4) is 0 Å². The van der Waals surface area contributed by atoms with Crippen LogP contribution in [0.4, 0.5) is 5.69 Å². The molecule has 0 aliphatic rings. The molecule has 0 radical (unpaired) electrons. The molecule has 4 aromatic rings. The number of phenols is 1. The van der Waals surface area contributed by atoms with Gasteiger partial charge in [-0.3, -0.25) is 4.31 Å². The van der Waals surface area contributed by atoms with Gasteiger partial charge in [-0.05, 0) is 36.4 Å². The van der Waals surface area contributed by atoms with E-state index in [1.807, 2.05) is 53.1 Å². The normalized spacial score (nSPS) is 13.0. The van der Waals surface area contributed by atoms with Crippen molar-refractivity contribution < 1.29 is 18.6 Å². The van der Waals surface area contributed by atoms with Crippen molar-refractivity contribution in [1.82, 2.24) is 4.57 Å². The number of phenolic OH excluding ortho intramolecular Hbond substituents is 1. The molecule has 4 rings (SSSR count). The van der Waals surface area contributed by atoms with Crippen LogP contribution in [0, 0.1) is 0 Å². The molecule has 1 atom stereocenters. The van der Waals surface area contributed by atoms with Crippen LogP contribution in [0.5, 0.6) is 5.75 Å². The van der Waals surface area contributed by atoms with Crippen LogP contribution in [0.25, 0.3) is 21.8 Å². The van der Waals surface area contributed by atoms with Crippen LogP contribution < -0.4 is 4.31 Å². The lowest BCUT2D eigenvalue weighted by Gasteiger charge is -2.25. The summed E-state index contributed by atoms with van der Waals surface area (Å²) < 4.78 is 27.8. The van der Waals surface area contributed by atoms with Crippen molar-refractivity contribution in [2.45, 2.75) is 12.6 Å². The van der Waals surface area contributed by atoms with E-state index in [1.165, 1.54) is 24.3 Å². The number of anilines is 1. The molecular weight excluding hydrogens is 388 g/mol. The third-order valence-corrected chi connectivity index (χ3v) is 6.15. The van der Waals surface area contributed by atoms with Gasteiger partial charge in [0.15, 0.2) is 0 Å². The van der Waals surface area contributed by atoms with Gasteiger partial charge in [-0.1, -0.05) is 36.4 Å². The first kappa shape index (κ1) is 19.3. The number of fused-ring (bicyclic) bond motifs is 3. The summed E-state index contributed by atoms with van der Waals surface area (Å²) in [5, 5.41) is 22.5. The summed E-state index contributed by atoms with van der Waals surface area (Å²) in [5.74, 6) is 0.0491. The Balaban J connectivity index is 1.68. The molecule has 6 nitrogen and oxygen atoms in total. The van der Waals surface area contributed by atoms with E-state index < -0.39 is 16.1 Å². The largest absolute Gasteiger partial charge is 0.508 e. The monoisotopic (exact) mass is 410 g/mol. The molecule has 0 bridgehead atoms. The molecule has 0 aliphatic carbocycles. The molecule has 1 unspecified atom stereocenters. The first-order valence-electron chi connectivity index (χ1n) is 9.25. The number of rotatable bonds is 6. The topological polar surface area (TPSA) is 82.8 Å². The Morgan fingerprint density at radius 2 is 1.41 bits per heavy atom. The number of aliphatic hydroxyl groups is 1. The van der Waals surface area contributed by atoms with E-state index in [0.29, 0.717) is 5.69 Å². The van der Waals surface area contributed by atoms with Crippen molar-refractivity contribution in [3.63, 3.8) is 0 Å². The molecule has 0 saturated carbocycles. The average Bonchev–Trinajstić information content (AvgIpc) is 3.00. The number of hydrogen-bond acceptors (Lipinski definition) is 4. The van der Waals surface area contributed by atoms with Crippen molar-refractivity contribution in [3.05, 3.63) is 72.8 Å². The lowest BCUT2D eigenvalue weighted by atomic mass is 10.2. The third kappa shape index (κ3) is 3.79. The summed E-state index contributed by atoms with van der Waals surface area (Å²) >= 11 is 0. The number of aromatic hydroxyl groups is 1. The molecule has 29 heavy (non-hydrogen) atoms. The number of aliphatic hydroxyl groups excluding tert-OH is 1. The molecule has 150 valence electrons. The SMILES string of the molecule is CS(=O)(=O)N(CC(O)Cn1c2ccccc2c2ccccc21)c1ccc(O)cc1. The molecule has 2 N–H and O–H groups in total. The van der Waals surface area contributed by atoms with E-state index in [9.17, 15) is 18.6 Å². The van der Waals surface area contributed by atoms with Gasteiger partial charge in [0.25, 0.3) is 0 Å². The standard InChI is InChI=1S/C22H22N2O4S/c1-29(27,28)24(16-10-12-17(25)13-11-16)15-18(26)14-23-21-8-4-2-6-19(21)20-7-3-5-9-22(20)23/h2-13,18,25-26H,14-15H2,1H3. The van der Waals surface area contributed by atoms with Crippen LogP contribution >= 0.6 is 0 Å². The predicted molar refractivity (Wildman–Crippen MR) is 116 cm³/mol. The Hall–Kier alpha value is -3.03. The maximum absolute atomic E-state index is 12.3. The second kappa shape index (κ2) is 7.42. The zero-order chi connectivity index (χ0) is 20.6. The zero-order valence-corrected chi connectivity index (χ0v) is 16.7. The average molecular weight is 410 g/mol. The quantitative estimate of drug-likeness (QED) is 0.511. The van der Waals surface area contributed by atoms with Gasteiger partial charge < -0.3 is 14.8 Å². The molecule has 0 fully saturated rings. The Morgan fingerprint density at radius 3 is 1.93 bits per heavy atom. The molecule has 0 saturated heterocycles. The fourth-order valence-corrected chi connectivity index (χ4v) is 4.66. The molecular formula is C22H22N2O4S. The van der Waals surface area contributed by atoms with Crippen molar-refractivity contribution in [2.75, 3.05) is 17.1 Å². The van der Waals surface area contributed by atoms with E-state index in [0.717, 1.165) is 32.4 Å². The van der Waals surface area contributed by atoms with Crippen LogP contribution in [-0.2, 0) is 16.6 Å². The Morgan fingerprint density at radius 1 is 0.897 bits per heavy atom. The first-order chi connectivity index (χ1) is 13.8. The van der Waals surface area contributed by atoms with Gasteiger partial charge in [0, 0.05) is 21.8 Å². The van der Waals surface area contributed by atoms with E-state index in [1.54, 1.807) is 0 Å². The lowest BCUT2D eigenvalue weighted by molar-refractivity contribution is 0.166. The maximum atomic E-state index is 12.3. The number of benzene rings is 3. The molecule has 0 spiro atoms. The molecule has 7 heteroatoms. The van der Waals surface area contributed by atoms with Gasteiger partial charge >= 0.3 is 0 Å². The highest BCUT2D eigenvalue weighted by molar-refractivity contribution is 7.92. The van der Waals surface area contributed by atoms with Crippen molar-refractivity contribution >= 4 is 37.5 Å². The number of aromatic nitrogens is 1. The van der Waals surface area contributed by atoms with Crippen molar-refractivity contribution in [1.29, 1.82) is 0 Å². The molecule has 3 aromatic carbocycles. The molecule has 1 aromatic heterocycles. The van der Waals surface area contributed by atoms with Crippen LogP contribution in [-0.4, -0.2) is 42.1 Å². The maximum Gasteiger partial charge on any atom is 0.232 e. The Bertz CT molecular complexity index is 1210. The summed E-state index contributed by atoms with van der Waals surface area (Å²) in [6.07, 6.45) is 0.172. The summed E-state index contributed by atoms with van der Waals surface area (Å²) in [7, 11) is -3.61. The summed E-state index contributed by atoms with van der Waals surface area (Å²) in [6.45, 7) is 0.155. The van der Waals surface area contributed by atoms with Crippen LogP contribution in [0.15, 0.2) is 72.8 Å². The third-order valence-electron chi connectivity index (χ3n) is 4.99. The van der Waals surface area contributed by atoms with Crippen LogP contribution in [0.2, 0.25) is 0 Å². The van der Waals surface area contributed by atoms with Crippen LogP contribution in [0.1, 0.15) is 0 Å². The van der Waals surface area contributed by atoms with Gasteiger partial charge in [0.1, 0.15) is 5.75 Å². The van der Waals surface area contributed by atoms with Crippen molar-refractivity contribution in [3.8, 4) is 5.75 Å². The van der Waals surface area contributed by atoms with E-state index >= 15 is 0 Å². The van der Waals surface area contributed by atoms with Gasteiger partial charge in [0.05, 0.1) is 31.1 Å². The molecule has 0 aliphatic heterocycles. The number of sulfonamides is 1. The highest BCUT2D eigenvalue weighted by Gasteiger charge is 2.22. The number of hydrogen-bond donors (Lipinski definition) is 2. The molecule has 1 heterocycles. The Kier molecular flexibility index (Phi) is 4.94. The lowest BCUT2D eigenvalue weighted by Crippen LogP contribution is -2.38. The van der Waals surface area contributed by atoms with Gasteiger partial charge in [-0.15, -0.1) is 0 Å². The number of para-hydroxylation sites is 2. The fraction of sp³-hybridized carbons (Fsp3) is 0.182. The van der Waals surface area contributed by atoms with Gasteiger partial charge in [0.2, 0.25) is 10.0 Å². The smallest absolute Gasteiger partial charge is 0.232 e. The van der Waals surface area contributed by atoms with E-state index in [2.05, 4.69) is 0 Å². The summed E-state index contributed by atoms with van der Waals surface area (Å²) in [5.41, 5.74) is 2.37. The van der Waals surface area contributed by atoms with Crippen molar-refractivity contribution in [2.24, 2.45) is 0 Å². The minimum atomic E-state index is -3.61. The molecule has 0 amide bonds. The van der Waals surface area contributed by atoms with E-state index in [4.69, 9.17) is 0 Å². The second-order valence-electron chi connectivity index (χ2n) is 7.11. The number of nitrogens with zero attached hydrogens (tertiary/aromatic N) is 2. The minimum absolute atomic E-state index is 0.0491. The summed E-state index contributed by atoms with van der Waals surface area (Å²) in [4.78, 5) is 0. The van der Waals surface area contributed by atoms with Gasteiger partial charge in [-0.25, -0.2) is 8.42 Å². The predicted octanol–water partition coefficient (Wildman–Crippen LogP) is 3.33. The van der Waals surface area contributed by atoms with E-state index in [-0.39, 0.29) is 18.8 Å². The van der Waals surface area contributed by atoms with Gasteiger partial charge in [-0.2, -0.15) is 0 Å². The second-order valence-corrected chi connectivity index (χ2v) is 9.02. The highest BCUT2D eigenvalue weighted by atomic mass is 32.2. The fourth-order valence-electron chi connectivity index (χ4n) is 3.71. The Labute approximate surface area is 169 Å². The minimum Gasteiger partial charge on any atom is -0.508 e. The summed E-state index contributed by atoms with van der Waals surface area (Å²) in [6, 6.07) is 21.8. The highest BCUT2D eigenvalue weighted by Crippen LogP contribution is 2.29. The first-order valence-corrected chi connectivity index (χ1v) is 11.1.